The highest BCUT2D eigenvalue weighted by atomic mass is 28.3. The van der Waals surface area contributed by atoms with E-state index in [1.807, 2.05) is 31.5 Å². The van der Waals surface area contributed by atoms with E-state index in [0.29, 0.717) is 13.2 Å². The summed E-state index contributed by atoms with van der Waals surface area (Å²) in [6.07, 6.45) is 2.76. The monoisotopic (exact) mass is 374 g/mol. The van der Waals surface area contributed by atoms with Gasteiger partial charge in [0.05, 0.1) is 38.1 Å². The van der Waals surface area contributed by atoms with Gasteiger partial charge >= 0.3 is 0 Å². The van der Waals surface area contributed by atoms with E-state index in [1.165, 1.54) is 5.56 Å². The first-order valence-corrected chi connectivity index (χ1v) is 12.5. The van der Waals surface area contributed by atoms with E-state index in [0.717, 1.165) is 24.4 Å². The molecule has 0 saturated carbocycles. The van der Waals surface area contributed by atoms with Crippen molar-refractivity contribution >= 4 is 8.07 Å². The van der Waals surface area contributed by atoms with Crippen LogP contribution >= 0.6 is 0 Å². The molecular formula is C21H34N2O2Si. The molecule has 0 amide bonds. The minimum Gasteiger partial charge on any atom is -0.390 e. The second-order valence-corrected chi connectivity index (χ2v) is 14.2. The second kappa shape index (κ2) is 8.50. The molecule has 0 aliphatic heterocycles. The number of aliphatic hydroxyl groups excluding tert-OH is 1. The topological polar surface area (TPSA) is 47.3 Å². The van der Waals surface area contributed by atoms with Gasteiger partial charge in [-0.05, 0) is 23.9 Å². The molecule has 144 valence electrons. The lowest BCUT2D eigenvalue weighted by Gasteiger charge is -2.41. The van der Waals surface area contributed by atoms with Crippen molar-refractivity contribution < 1.29 is 9.84 Å². The highest BCUT2D eigenvalue weighted by Crippen LogP contribution is 2.44. The maximum Gasteiger partial charge on any atom is 0.0952 e. The fourth-order valence-electron chi connectivity index (χ4n) is 2.88. The third kappa shape index (κ3) is 4.84. The van der Waals surface area contributed by atoms with E-state index in [2.05, 4.69) is 55.5 Å². The molecule has 1 aromatic heterocycles. The Morgan fingerprint density at radius 1 is 1.19 bits per heavy atom. The predicted molar refractivity (Wildman–Crippen MR) is 110 cm³/mol. The number of aliphatic hydroxyl groups is 1. The van der Waals surface area contributed by atoms with Crippen LogP contribution in [-0.2, 0) is 17.9 Å². The Bertz CT molecular complexity index is 690. The lowest BCUT2D eigenvalue weighted by molar-refractivity contribution is 0.115. The maximum absolute atomic E-state index is 11.2. The van der Waals surface area contributed by atoms with Gasteiger partial charge in [-0.2, -0.15) is 0 Å². The number of benzene rings is 1. The zero-order chi connectivity index (χ0) is 19.4. The van der Waals surface area contributed by atoms with Gasteiger partial charge in [0.15, 0.2) is 0 Å². The molecule has 0 spiro atoms. The first-order valence-electron chi connectivity index (χ1n) is 9.46. The minimum atomic E-state index is -1.91. The third-order valence-electron chi connectivity index (χ3n) is 5.75. The van der Waals surface area contributed by atoms with Gasteiger partial charge in [0.2, 0.25) is 0 Å². The quantitative estimate of drug-likeness (QED) is 0.529. The van der Waals surface area contributed by atoms with Crippen LogP contribution in [0.1, 0.15) is 49.9 Å². The molecule has 5 heteroatoms. The third-order valence-corrected chi connectivity index (χ3v) is 11.3. The van der Waals surface area contributed by atoms with Crippen LogP contribution in [0.3, 0.4) is 0 Å². The molecule has 1 atom stereocenters. The molecule has 0 bridgehead atoms. The summed E-state index contributed by atoms with van der Waals surface area (Å²) in [5.41, 5.74) is 2.70. The van der Waals surface area contributed by atoms with Gasteiger partial charge in [0.25, 0.3) is 0 Å². The number of hydrogen-bond donors (Lipinski definition) is 1. The Kier molecular flexibility index (Phi) is 6.83. The number of nitrogens with zero attached hydrogens (tertiary/aromatic N) is 2. The van der Waals surface area contributed by atoms with Crippen LogP contribution in [0.4, 0.5) is 0 Å². The highest BCUT2D eigenvalue weighted by Gasteiger charge is 2.44. The average molecular weight is 375 g/mol. The number of rotatable bonds is 8. The summed E-state index contributed by atoms with van der Waals surface area (Å²) in [5.74, 6) is 0. The lowest BCUT2D eigenvalue weighted by atomic mass is 10.2. The maximum atomic E-state index is 11.2. The van der Waals surface area contributed by atoms with Crippen LogP contribution in [0.5, 0.6) is 0 Å². The number of aromatic nitrogens is 2. The summed E-state index contributed by atoms with van der Waals surface area (Å²) in [5, 5.41) is 11.3. The molecule has 1 aromatic carbocycles. The van der Waals surface area contributed by atoms with Gasteiger partial charge < -0.3 is 14.4 Å². The predicted octanol–water partition coefficient (Wildman–Crippen LogP) is 4.88. The number of ether oxygens (including phenoxy) is 1. The molecule has 4 nitrogen and oxygen atoms in total. The van der Waals surface area contributed by atoms with Gasteiger partial charge in [-0.15, -0.1) is 0 Å². The van der Waals surface area contributed by atoms with Crippen molar-refractivity contribution in [1.82, 2.24) is 9.55 Å². The van der Waals surface area contributed by atoms with Gasteiger partial charge in [-0.1, -0.05) is 64.2 Å². The van der Waals surface area contributed by atoms with Crippen LogP contribution in [0.25, 0.3) is 0 Å². The molecule has 0 aliphatic carbocycles. The SMILES string of the molecule is Cc1ncn(CCCOCc2ccccc2)c1C(O)[Si](C)(C)C(C)(C)C. The van der Waals surface area contributed by atoms with Crippen LogP contribution < -0.4 is 0 Å². The molecule has 1 heterocycles. The molecular weight excluding hydrogens is 340 g/mol. The number of aryl methyl sites for hydroxylation is 2. The summed E-state index contributed by atoms with van der Waals surface area (Å²) >= 11 is 0. The van der Waals surface area contributed by atoms with Gasteiger partial charge in [0.1, 0.15) is 0 Å². The van der Waals surface area contributed by atoms with Crippen molar-refractivity contribution in [1.29, 1.82) is 0 Å². The number of imidazole rings is 1. The van der Waals surface area contributed by atoms with Crippen molar-refractivity contribution in [3.63, 3.8) is 0 Å². The Morgan fingerprint density at radius 2 is 1.85 bits per heavy atom. The summed E-state index contributed by atoms with van der Waals surface area (Å²) in [6, 6.07) is 10.2. The van der Waals surface area contributed by atoms with Gasteiger partial charge in [0, 0.05) is 13.2 Å². The Hall–Kier alpha value is -1.43. The molecule has 1 unspecified atom stereocenters. The zero-order valence-electron chi connectivity index (χ0n) is 17.1. The van der Waals surface area contributed by atoms with Crippen molar-refractivity contribution in [3.8, 4) is 0 Å². The zero-order valence-corrected chi connectivity index (χ0v) is 18.1. The normalized spacial score (nSPS) is 13.8. The van der Waals surface area contributed by atoms with E-state index in [1.54, 1.807) is 0 Å². The molecule has 1 N–H and O–H groups in total. The second-order valence-electron chi connectivity index (χ2n) is 8.67. The van der Waals surface area contributed by atoms with Gasteiger partial charge in [-0.3, -0.25) is 0 Å². The van der Waals surface area contributed by atoms with Crippen molar-refractivity contribution in [2.45, 2.75) is 71.1 Å². The molecule has 26 heavy (non-hydrogen) atoms. The average Bonchev–Trinajstić information content (AvgIpc) is 2.94. The molecule has 0 saturated heterocycles. The standard InChI is InChI=1S/C21H34N2O2Si/c1-17-19(20(24)26(5,6)21(2,3)4)23(16-22-17)13-10-14-25-15-18-11-8-7-9-12-18/h7-9,11-12,16,20,24H,10,13-15H2,1-6H3. The van der Waals surface area contributed by atoms with E-state index < -0.39 is 13.8 Å². The summed E-state index contributed by atoms with van der Waals surface area (Å²) < 4.78 is 7.90. The summed E-state index contributed by atoms with van der Waals surface area (Å²) in [6.45, 7) is 15.4. The van der Waals surface area contributed by atoms with Crippen LogP contribution in [0.2, 0.25) is 18.1 Å². The lowest BCUT2D eigenvalue weighted by Crippen LogP contribution is -2.45. The molecule has 0 fully saturated rings. The number of hydrogen-bond acceptors (Lipinski definition) is 3. The Balaban J connectivity index is 1.95. The van der Waals surface area contributed by atoms with E-state index >= 15 is 0 Å². The van der Waals surface area contributed by atoms with Crippen LogP contribution in [-0.4, -0.2) is 29.3 Å². The molecule has 2 rings (SSSR count). The van der Waals surface area contributed by atoms with Crippen molar-refractivity contribution in [2.24, 2.45) is 0 Å². The molecule has 0 radical (unpaired) electrons. The first-order chi connectivity index (χ1) is 12.1. The van der Waals surface area contributed by atoms with Crippen LogP contribution in [0, 0.1) is 6.92 Å². The summed E-state index contributed by atoms with van der Waals surface area (Å²) in [4.78, 5) is 4.46. The molecule has 0 aliphatic rings. The van der Waals surface area contributed by atoms with Crippen LogP contribution in [0.15, 0.2) is 36.7 Å². The van der Waals surface area contributed by atoms with Gasteiger partial charge in [-0.25, -0.2) is 4.98 Å². The smallest absolute Gasteiger partial charge is 0.0952 e. The van der Waals surface area contributed by atoms with Crippen molar-refractivity contribution in [2.75, 3.05) is 6.61 Å². The molecule has 2 aromatic rings. The van der Waals surface area contributed by atoms with E-state index in [9.17, 15) is 5.11 Å². The van der Waals surface area contributed by atoms with E-state index in [4.69, 9.17) is 4.74 Å². The largest absolute Gasteiger partial charge is 0.390 e. The Labute approximate surface area is 159 Å². The highest BCUT2D eigenvalue weighted by molar-refractivity contribution is 6.81. The first kappa shape index (κ1) is 20.9. The fourth-order valence-corrected chi connectivity index (χ4v) is 4.76. The summed E-state index contributed by atoms with van der Waals surface area (Å²) in [7, 11) is -1.91. The minimum absolute atomic E-state index is 0.118. The van der Waals surface area contributed by atoms with Crippen molar-refractivity contribution in [3.05, 3.63) is 53.6 Å². The van der Waals surface area contributed by atoms with E-state index in [-0.39, 0.29) is 5.04 Å². The Morgan fingerprint density at radius 3 is 2.46 bits per heavy atom. The fraction of sp³-hybridized carbons (Fsp3) is 0.571.